The zero-order chi connectivity index (χ0) is 17.2. The number of ketones is 1. The zero-order valence-electron chi connectivity index (χ0n) is 13.7. The normalized spacial score (nSPS) is 10.8. The molecule has 25 heavy (non-hydrogen) atoms. The third-order valence-corrected chi connectivity index (χ3v) is 4.83. The molecule has 3 aromatic carbocycles. The predicted molar refractivity (Wildman–Crippen MR) is 105 cm³/mol. The molecule has 0 aliphatic rings. The number of anilines is 2. The average molecular weight is 344 g/mol. The Morgan fingerprint density at radius 1 is 0.960 bits per heavy atom. The second-order valence-electron chi connectivity index (χ2n) is 5.86. The summed E-state index contributed by atoms with van der Waals surface area (Å²) in [5.41, 5.74) is 3.60. The first-order chi connectivity index (χ1) is 12.2. The van der Waals surface area contributed by atoms with Crippen LogP contribution in [-0.4, -0.2) is 10.8 Å². The molecule has 0 aliphatic carbocycles. The Kier molecular flexibility index (Phi) is 4.04. The molecule has 1 N–H and O–H groups in total. The number of Topliss-reactive ketones (excluding diaryl/α,β-unsaturated/α-hetero) is 1. The lowest BCUT2D eigenvalue weighted by Gasteiger charge is -2.04. The number of fused-ring (bicyclic) bond motifs is 1. The summed E-state index contributed by atoms with van der Waals surface area (Å²) in [5, 5.41) is 8.56. The van der Waals surface area contributed by atoms with E-state index in [1.54, 1.807) is 18.3 Å². The number of carbonyl (C=O) groups excluding carboxylic acids is 1. The maximum atomic E-state index is 11.5. The first-order valence-corrected chi connectivity index (χ1v) is 8.90. The van der Waals surface area contributed by atoms with E-state index in [-0.39, 0.29) is 5.78 Å². The smallest absolute Gasteiger partial charge is 0.187 e. The van der Waals surface area contributed by atoms with E-state index in [2.05, 4.69) is 40.6 Å². The van der Waals surface area contributed by atoms with Crippen LogP contribution in [0.15, 0.2) is 72.1 Å². The van der Waals surface area contributed by atoms with Crippen LogP contribution < -0.4 is 5.32 Å². The Labute approximate surface area is 150 Å². The third-order valence-electron chi connectivity index (χ3n) is 4.07. The quantitative estimate of drug-likeness (QED) is 0.468. The highest BCUT2D eigenvalue weighted by Gasteiger charge is 2.07. The maximum Gasteiger partial charge on any atom is 0.187 e. The average Bonchev–Trinajstić information content (AvgIpc) is 3.10. The fourth-order valence-corrected chi connectivity index (χ4v) is 3.49. The van der Waals surface area contributed by atoms with Crippen LogP contribution in [0, 0.1) is 0 Å². The van der Waals surface area contributed by atoms with Crippen molar-refractivity contribution in [2.45, 2.75) is 6.92 Å². The van der Waals surface area contributed by atoms with E-state index < -0.39 is 0 Å². The van der Waals surface area contributed by atoms with Gasteiger partial charge in [-0.05, 0) is 35.9 Å². The summed E-state index contributed by atoms with van der Waals surface area (Å²) in [6.07, 6.45) is 0. The van der Waals surface area contributed by atoms with Crippen molar-refractivity contribution in [2.75, 3.05) is 5.32 Å². The predicted octanol–water partition coefficient (Wildman–Crippen LogP) is 5.91. The fourth-order valence-electron chi connectivity index (χ4n) is 2.75. The van der Waals surface area contributed by atoms with Crippen LogP contribution in [0.1, 0.15) is 17.3 Å². The van der Waals surface area contributed by atoms with Crippen molar-refractivity contribution < 1.29 is 4.79 Å². The molecule has 0 bridgehead atoms. The Morgan fingerprint density at radius 3 is 2.64 bits per heavy atom. The van der Waals surface area contributed by atoms with Crippen LogP contribution in [-0.2, 0) is 0 Å². The van der Waals surface area contributed by atoms with Crippen molar-refractivity contribution in [3.8, 4) is 11.3 Å². The lowest BCUT2D eigenvalue weighted by atomic mass is 10.1. The Morgan fingerprint density at radius 2 is 1.80 bits per heavy atom. The molecule has 1 aromatic heterocycles. The van der Waals surface area contributed by atoms with E-state index in [4.69, 9.17) is 0 Å². The van der Waals surface area contributed by atoms with Gasteiger partial charge in [0.2, 0.25) is 0 Å². The van der Waals surface area contributed by atoms with Gasteiger partial charge in [0.15, 0.2) is 10.9 Å². The van der Waals surface area contributed by atoms with Crippen molar-refractivity contribution in [1.29, 1.82) is 0 Å². The fraction of sp³-hybridized carbons (Fsp3) is 0.0476. The summed E-state index contributed by atoms with van der Waals surface area (Å²) in [7, 11) is 0. The van der Waals surface area contributed by atoms with Crippen LogP contribution >= 0.6 is 11.3 Å². The van der Waals surface area contributed by atoms with Gasteiger partial charge in [-0.2, -0.15) is 0 Å². The topological polar surface area (TPSA) is 42.0 Å². The molecule has 122 valence electrons. The summed E-state index contributed by atoms with van der Waals surface area (Å²) in [6.45, 7) is 1.57. The van der Waals surface area contributed by atoms with Gasteiger partial charge in [-0.1, -0.05) is 48.5 Å². The van der Waals surface area contributed by atoms with Crippen LogP contribution in [0.2, 0.25) is 0 Å². The number of thiazole rings is 1. The van der Waals surface area contributed by atoms with E-state index in [0.29, 0.717) is 5.56 Å². The Bertz CT molecular complexity index is 1070. The number of rotatable bonds is 4. The van der Waals surface area contributed by atoms with Gasteiger partial charge >= 0.3 is 0 Å². The monoisotopic (exact) mass is 344 g/mol. The number of hydrogen-bond acceptors (Lipinski definition) is 4. The summed E-state index contributed by atoms with van der Waals surface area (Å²) >= 11 is 1.55. The Balaban J connectivity index is 1.61. The molecule has 0 amide bonds. The molecular weight excluding hydrogens is 328 g/mol. The van der Waals surface area contributed by atoms with E-state index >= 15 is 0 Å². The zero-order valence-corrected chi connectivity index (χ0v) is 14.5. The molecule has 0 atom stereocenters. The van der Waals surface area contributed by atoms with Crippen LogP contribution in [0.25, 0.3) is 22.0 Å². The maximum absolute atomic E-state index is 11.5. The first-order valence-electron chi connectivity index (χ1n) is 8.02. The summed E-state index contributed by atoms with van der Waals surface area (Å²) in [4.78, 5) is 16.2. The number of nitrogens with one attached hydrogen (secondary N) is 1. The molecule has 4 heteroatoms. The molecule has 0 saturated heterocycles. The van der Waals surface area contributed by atoms with Crippen molar-refractivity contribution in [1.82, 2.24) is 4.98 Å². The summed E-state index contributed by atoms with van der Waals surface area (Å²) in [6, 6.07) is 22.1. The molecule has 0 spiro atoms. The molecule has 0 aliphatic heterocycles. The summed E-state index contributed by atoms with van der Waals surface area (Å²) in [5.74, 6) is 0.0552. The Hall–Kier alpha value is -2.98. The van der Waals surface area contributed by atoms with Gasteiger partial charge in [0.05, 0.1) is 5.69 Å². The lowest BCUT2D eigenvalue weighted by Crippen LogP contribution is -1.95. The van der Waals surface area contributed by atoms with E-state index in [1.807, 2.05) is 41.8 Å². The van der Waals surface area contributed by atoms with Gasteiger partial charge in [0.1, 0.15) is 0 Å². The second kappa shape index (κ2) is 6.49. The highest BCUT2D eigenvalue weighted by atomic mass is 32.1. The van der Waals surface area contributed by atoms with Gasteiger partial charge in [0, 0.05) is 22.2 Å². The molecule has 0 radical (unpaired) electrons. The third kappa shape index (κ3) is 3.30. The van der Waals surface area contributed by atoms with Gasteiger partial charge < -0.3 is 5.32 Å². The van der Waals surface area contributed by atoms with Gasteiger partial charge in [-0.25, -0.2) is 4.98 Å². The van der Waals surface area contributed by atoms with Crippen LogP contribution in [0.5, 0.6) is 0 Å². The first kappa shape index (κ1) is 15.5. The number of nitrogens with zero attached hydrogens (tertiary/aromatic N) is 1. The van der Waals surface area contributed by atoms with Crippen molar-refractivity contribution in [2.24, 2.45) is 0 Å². The van der Waals surface area contributed by atoms with Crippen molar-refractivity contribution in [3.63, 3.8) is 0 Å². The number of carbonyl (C=O) groups is 1. The van der Waals surface area contributed by atoms with Crippen molar-refractivity contribution in [3.05, 3.63) is 77.7 Å². The highest BCUT2D eigenvalue weighted by Crippen LogP contribution is 2.29. The van der Waals surface area contributed by atoms with Gasteiger partial charge in [0.25, 0.3) is 0 Å². The minimum absolute atomic E-state index is 0.0552. The molecule has 3 nitrogen and oxygen atoms in total. The SMILES string of the molecule is CC(=O)c1cccc(Nc2nc(-c3ccc4ccccc4c3)cs2)c1. The van der Waals surface area contributed by atoms with E-state index in [9.17, 15) is 4.79 Å². The number of benzene rings is 3. The van der Waals surface area contributed by atoms with E-state index in [1.165, 1.54) is 10.8 Å². The molecule has 0 saturated carbocycles. The van der Waals surface area contributed by atoms with E-state index in [0.717, 1.165) is 22.1 Å². The van der Waals surface area contributed by atoms with Crippen LogP contribution in [0.4, 0.5) is 10.8 Å². The summed E-state index contributed by atoms with van der Waals surface area (Å²) < 4.78 is 0. The molecule has 0 fully saturated rings. The van der Waals surface area contributed by atoms with Crippen molar-refractivity contribution >= 4 is 38.7 Å². The minimum Gasteiger partial charge on any atom is -0.332 e. The molecule has 0 unspecified atom stereocenters. The highest BCUT2D eigenvalue weighted by molar-refractivity contribution is 7.14. The van der Waals surface area contributed by atoms with Gasteiger partial charge in [-0.3, -0.25) is 4.79 Å². The minimum atomic E-state index is 0.0552. The molecule has 4 aromatic rings. The standard InChI is InChI=1S/C21H16N2OS/c1-14(24)16-7-4-8-19(12-16)22-21-23-20(13-25-21)18-10-9-15-5-2-3-6-17(15)11-18/h2-13H,1H3,(H,22,23). The number of aromatic nitrogens is 1. The number of hydrogen-bond donors (Lipinski definition) is 1. The van der Waals surface area contributed by atoms with Crippen LogP contribution in [0.3, 0.4) is 0 Å². The second-order valence-corrected chi connectivity index (χ2v) is 6.72. The molecular formula is C21H16N2OS. The molecule has 4 rings (SSSR count). The molecule has 1 heterocycles. The van der Waals surface area contributed by atoms with Gasteiger partial charge in [-0.15, -0.1) is 11.3 Å². The lowest BCUT2D eigenvalue weighted by molar-refractivity contribution is 0.101. The largest absolute Gasteiger partial charge is 0.332 e.